The van der Waals surface area contributed by atoms with Gasteiger partial charge in [-0.2, -0.15) is 0 Å². The summed E-state index contributed by atoms with van der Waals surface area (Å²) in [6.45, 7) is 1.16. The summed E-state index contributed by atoms with van der Waals surface area (Å²) < 4.78 is 0. The fourth-order valence-corrected chi connectivity index (χ4v) is 5.19. The molecule has 0 radical (unpaired) electrons. The highest BCUT2D eigenvalue weighted by atomic mass is 16.2. The molecule has 0 spiro atoms. The molecule has 2 aromatic rings. The minimum Gasteiger partial charge on any atom is -0.359 e. The number of nitrogens with one attached hydrogen (secondary N) is 1. The van der Waals surface area contributed by atoms with Crippen LogP contribution >= 0.6 is 0 Å². The second kappa shape index (κ2) is 8.99. The summed E-state index contributed by atoms with van der Waals surface area (Å²) in [6, 6.07) is 12.2. The summed E-state index contributed by atoms with van der Waals surface area (Å²) in [5.41, 5.74) is 2.69. The number of carbonyl (C=O) groups excluding carboxylic acids is 2. The Labute approximate surface area is 178 Å². The van der Waals surface area contributed by atoms with Gasteiger partial charge in [-0.1, -0.05) is 43.2 Å². The largest absolute Gasteiger partial charge is 0.359 e. The lowest BCUT2D eigenvalue weighted by Gasteiger charge is -2.29. The third-order valence-corrected chi connectivity index (χ3v) is 6.87. The van der Waals surface area contributed by atoms with Gasteiger partial charge in [-0.05, 0) is 48.8 Å². The Morgan fingerprint density at radius 3 is 2.70 bits per heavy atom. The molecule has 1 aromatic heterocycles. The molecule has 1 aliphatic heterocycles. The summed E-state index contributed by atoms with van der Waals surface area (Å²) in [7, 11) is 1.69. The van der Waals surface area contributed by atoms with Gasteiger partial charge in [-0.15, -0.1) is 0 Å². The van der Waals surface area contributed by atoms with E-state index in [0.717, 1.165) is 16.7 Å². The normalized spacial score (nSPS) is 21.7. The van der Waals surface area contributed by atoms with Gasteiger partial charge in [0.2, 0.25) is 11.8 Å². The molecule has 4 rings (SSSR count). The average molecular weight is 406 g/mol. The van der Waals surface area contributed by atoms with E-state index in [4.69, 9.17) is 0 Å². The highest BCUT2D eigenvalue weighted by Gasteiger charge is 2.46. The second-order valence-corrected chi connectivity index (χ2v) is 8.85. The summed E-state index contributed by atoms with van der Waals surface area (Å²) >= 11 is 0. The van der Waals surface area contributed by atoms with Gasteiger partial charge >= 0.3 is 0 Å². The third kappa shape index (κ3) is 4.25. The number of benzene rings is 1. The lowest BCUT2D eigenvalue weighted by molar-refractivity contribution is -0.133. The van der Waals surface area contributed by atoms with Gasteiger partial charge in [0.25, 0.3) is 0 Å². The first-order valence-electron chi connectivity index (χ1n) is 11.1. The van der Waals surface area contributed by atoms with E-state index in [1.807, 2.05) is 35.4 Å². The van der Waals surface area contributed by atoms with Crippen molar-refractivity contribution in [3.8, 4) is 11.1 Å². The topological polar surface area (TPSA) is 62.3 Å². The Bertz CT molecular complexity index is 892. The minimum absolute atomic E-state index is 0.0275. The van der Waals surface area contributed by atoms with E-state index in [2.05, 4.69) is 22.4 Å². The van der Waals surface area contributed by atoms with Crippen LogP contribution in [0.2, 0.25) is 0 Å². The predicted octanol–water partition coefficient (Wildman–Crippen LogP) is 3.84. The van der Waals surface area contributed by atoms with Crippen LogP contribution in [0.5, 0.6) is 0 Å². The van der Waals surface area contributed by atoms with Crippen LogP contribution < -0.4 is 5.32 Å². The van der Waals surface area contributed by atoms with Crippen LogP contribution in [-0.2, 0) is 16.0 Å². The zero-order chi connectivity index (χ0) is 21.0. The van der Waals surface area contributed by atoms with Crippen molar-refractivity contribution in [3.05, 3.63) is 54.4 Å². The van der Waals surface area contributed by atoms with Crippen LogP contribution in [-0.4, -0.2) is 41.8 Å². The van der Waals surface area contributed by atoms with E-state index in [0.29, 0.717) is 38.3 Å². The molecule has 2 amide bonds. The van der Waals surface area contributed by atoms with Crippen LogP contribution in [0.3, 0.4) is 0 Å². The molecule has 1 aromatic carbocycles. The zero-order valence-corrected chi connectivity index (χ0v) is 17.8. The molecule has 1 aliphatic carbocycles. The number of hydrogen-bond donors (Lipinski definition) is 1. The van der Waals surface area contributed by atoms with E-state index in [1.54, 1.807) is 13.2 Å². The smallest absolute Gasteiger partial charge is 0.228 e. The molecule has 1 N–H and O–H groups in total. The molecule has 0 bridgehead atoms. The van der Waals surface area contributed by atoms with Crippen molar-refractivity contribution in [2.45, 2.75) is 44.9 Å². The van der Waals surface area contributed by atoms with E-state index in [9.17, 15) is 9.59 Å². The maximum absolute atomic E-state index is 13.0. The van der Waals surface area contributed by atoms with Crippen molar-refractivity contribution in [2.75, 3.05) is 20.1 Å². The number of rotatable bonds is 6. The van der Waals surface area contributed by atoms with Crippen molar-refractivity contribution >= 4 is 11.8 Å². The highest BCUT2D eigenvalue weighted by molar-refractivity contribution is 5.86. The van der Waals surface area contributed by atoms with E-state index in [1.165, 1.54) is 25.7 Å². The van der Waals surface area contributed by atoms with E-state index < -0.39 is 5.41 Å². The lowest BCUT2D eigenvalue weighted by Crippen LogP contribution is -2.44. The zero-order valence-electron chi connectivity index (χ0n) is 17.8. The number of aromatic nitrogens is 1. The van der Waals surface area contributed by atoms with Crippen molar-refractivity contribution in [1.29, 1.82) is 0 Å². The predicted molar refractivity (Wildman–Crippen MR) is 118 cm³/mol. The molecule has 1 saturated carbocycles. The van der Waals surface area contributed by atoms with Crippen LogP contribution in [0.25, 0.3) is 11.1 Å². The first-order valence-corrected chi connectivity index (χ1v) is 11.1. The summed E-state index contributed by atoms with van der Waals surface area (Å²) in [6.07, 6.45) is 10.4. The quantitative estimate of drug-likeness (QED) is 0.794. The Hall–Kier alpha value is -2.69. The van der Waals surface area contributed by atoms with Gasteiger partial charge in [0.1, 0.15) is 0 Å². The maximum Gasteiger partial charge on any atom is 0.228 e. The van der Waals surface area contributed by atoms with Crippen molar-refractivity contribution < 1.29 is 9.59 Å². The molecular formula is C25H31N3O2. The van der Waals surface area contributed by atoms with Gasteiger partial charge in [0, 0.05) is 44.5 Å². The van der Waals surface area contributed by atoms with Crippen LogP contribution in [0, 0.1) is 11.3 Å². The Morgan fingerprint density at radius 2 is 1.97 bits per heavy atom. The van der Waals surface area contributed by atoms with Gasteiger partial charge in [0.15, 0.2) is 0 Å². The summed E-state index contributed by atoms with van der Waals surface area (Å²) in [5, 5.41) is 2.87. The molecule has 2 aliphatic rings. The second-order valence-electron chi connectivity index (χ2n) is 8.85. The van der Waals surface area contributed by atoms with Crippen molar-refractivity contribution in [1.82, 2.24) is 15.2 Å². The maximum atomic E-state index is 13.0. The van der Waals surface area contributed by atoms with Crippen LogP contribution in [0.1, 0.15) is 44.1 Å². The molecular weight excluding hydrogens is 374 g/mol. The monoisotopic (exact) mass is 405 g/mol. The van der Waals surface area contributed by atoms with Gasteiger partial charge in [-0.3, -0.25) is 14.6 Å². The van der Waals surface area contributed by atoms with Gasteiger partial charge in [-0.25, -0.2) is 0 Å². The molecule has 2 heterocycles. The number of hydrogen-bond acceptors (Lipinski definition) is 3. The standard InChI is InChI=1S/C25H31N3O2/c1-26-24(30)25(12-14-28(18-25)23(29)15-19-7-2-3-8-19)16-20-9-4-5-11-22(20)21-10-6-13-27-17-21/h4-6,9-11,13,17,19H,2-3,7-8,12,14-16,18H2,1H3,(H,26,30)/t25-/m0/s1. The number of pyridine rings is 1. The fraction of sp³-hybridized carbons (Fsp3) is 0.480. The number of likely N-dealkylation sites (tertiary alicyclic amines) is 1. The average Bonchev–Trinajstić information content (AvgIpc) is 3.45. The Kier molecular flexibility index (Phi) is 6.16. The third-order valence-electron chi connectivity index (χ3n) is 6.87. The SMILES string of the molecule is CNC(=O)[C@]1(Cc2ccccc2-c2cccnc2)CCN(C(=O)CC2CCCC2)C1. The summed E-state index contributed by atoms with van der Waals surface area (Å²) in [5.74, 6) is 0.770. The number of nitrogens with zero attached hydrogens (tertiary/aromatic N) is 2. The fourth-order valence-electron chi connectivity index (χ4n) is 5.19. The van der Waals surface area contributed by atoms with E-state index >= 15 is 0 Å². The summed E-state index contributed by atoms with van der Waals surface area (Å²) in [4.78, 5) is 32.2. The molecule has 30 heavy (non-hydrogen) atoms. The first kappa shape index (κ1) is 20.6. The lowest BCUT2D eigenvalue weighted by atomic mass is 9.78. The van der Waals surface area contributed by atoms with Gasteiger partial charge in [0.05, 0.1) is 5.41 Å². The first-order chi connectivity index (χ1) is 14.6. The van der Waals surface area contributed by atoms with Crippen molar-refractivity contribution in [2.24, 2.45) is 11.3 Å². The number of carbonyl (C=O) groups is 2. The highest BCUT2D eigenvalue weighted by Crippen LogP contribution is 2.38. The molecule has 158 valence electrons. The Balaban J connectivity index is 1.56. The molecule has 1 atom stereocenters. The minimum atomic E-state index is -0.585. The van der Waals surface area contributed by atoms with E-state index in [-0.39, 0.29) is 11.8 Å². The van der Waals surface area contributed by atoms with Crippen LogP contribution in [0.15, 0.2) is 48.8 Å². The Morgan fingerprint density at radius 1 is 1.17 bits per heavy atom. The molecule has 5 heteroatoms. The van der Waals surface area contributed by atoms with Gasteiger partial charge < -0.3 is 10.2 Å². The molecule has 1 saturated heterocycles. The van der Waals surface area contributed by atoms with Crippen LogP contribution in [0.4, 0.5) is 0 Å². The molecule has 2 fully saturated rings. The van der Waals surface area contributed by atoms with Crippen molar-refractivity contribution in [3.63, 3.8) is 0 Å². The number of amides is 2. The molecule has 0 unspecified atom stereocenters. The molecule has 5 nitrogen and oxygen atoms in total.